The number of ether oxygens (including phenoxy) is 3. The topological polar surface area (TPSA) is 88.9 Å². The molecule has 1 saturated heterocycles. The Kier molecular flexibility index (Phi) is 7.29. The quantitative estimate of drug-likeness (QED) is 0.309. The molecule has 1 heterocycles. The lowest BCUT2D eigenvalue weighted by atomic mass is 10.00. The van der Waals surface area contributed by atoms with Crippen LogP contribution in [-0.4, -0.2) is 50.2 Å². The molecular formula is C25H26N2O5. The first kappa shape index (κ1) is 23.0. The molecule has 0 bridgehead atoms. The van der Waals surface area contributed by atoms with Crippen LogP contribution in [0, 0.1) is 32.1 Å². The molecule has 0 atom stereocenters. The second kappa shape index (κ2) is 10.1. The van der Waals surface area contributed by atoms with Crippen molar-refractivity contribution < 1.29 is 23.8 Å². The summed E-state index contributed by atoms with van der Waals surface area (Å²) in [6.45, 7) is 7.54. The summed E-state index contributed by atoms with van der Waals surface area (Å²) in [4.78, 5) is 27.0. The van der Waals surface area contributed by atoms with Gasteiger partial charge in [-0.05, 0) is 55.7 Å². The lowest BCUT2D eigenvalue weighted by molar-refractivity contribution is -0.130. The third-order valence-corrected chi connectivity index (χ3v) is 5.23. The summed E-state index contributed by atoms with van der Waals surface area (Å²) in [6.07, 6.45) is 1.50. The summed E-state index contributed by atoms with van der Waals surface area (Å²) in [6, 6.07) is 10.7. The number of esters is 1. The van der Waals surface area contributed by atoms with Crippen LogP contribution >= 0.6 is 0 Å². The Bertz CT molecular complexity index is 1080. The van der Waals surface area contributed by atoms with Crippen molar-refractivity contribution in [3.63, 3.8) is 0 Å². The van der Waals surface area contributed by atoms with Gasteiger partial charge in [-0.25, -0.2) is 4.79 Å². The molecule has 0 radical (unpaired) electrons. The van der Waals surface area contributed by atoms with Crippen molar-refractivity contribution in [3.05, 3.63) is 63.7 Å². The number of nitrogens with zero attached hydrogens (tertiary/aromatic N) is 2. The third kappa shape index (κ3) is 5.16. The number of hydrogen-bond donors (Lipinski definition) is 0. The molecule has 0 N–H and O–H groups in total. The molecule has 7 heteroatoms. The average Bonchev–Trinajstić information content (AvgIpc) is 2.77. The van der Waals surface area contributed by atoms with Crippen LogP contribution in [0.4, 0.5) is 0 Å². The maximum Gasteiger partial charge on any atom is 0.344 e. The van der Waals surface area contributed by atoms with Gasteiger partial charge in [0.15, 0.2) is 11.5 Å². The minimum atomic E-state index is -0.471. The van der Waals surface area contributed by atoms with Crippen LogP contribution in [0.1, 0.15) is 32.6 Å². The van der Waals surface area contributed by atoms with Gasteiger partial charge in [-0.15, -0.1) is 0 Å². The van der Waals surface area contributed by atoms with E-state index in [0.717, 1.165) is 16.7 Å². The molecule has 2 aromatic rings. The number of methoxy groups -OCH3 is 1. The largest absolute Gasteiger partial charge is 0.493 e. The number of morpholine rings is 1. The first-order chi connectivity index (χ1) is 15.3. The molecule has 0 saturated carbocycles. The highest BCUT2D eigenvalue weighted by atomic mass is 16.6. The highest BCUT2D eigenvalue weighted by Gasteiger charge is 2.21. The van der Waals surface area contributed by atoms with Crippen molar-refractivity contribution in [3.8, 4) is 17.6 Å². The molecule has 1 fully saturated rings. The van der Waals surface area contributed by atoms with Crippen molar-refractivity contribution in [1.29, 1.82) is 5.26 Å². The molecule has 0 aliphatic carbocycles. The third-order valence-electron chi connectivity index (χ3n) is 5.23. The molecule has 0 spiro atoms. The maximum absolute atomic E-state index is 12.8. The van der Waals surface area contributed by atoms with Gasteiger partial charge in [0.05, 0.1) is 25.9 Å². The van der Waals surface area contributed by atoms with Gasteiger partial charge in [0.1, 0.15) is 11.6 Å². The van der Waals surface area contributed by atoms with E-state index in [2.05, 4.69) is 0 Å². The van der Waals surface area contributed by atoms with Crippen molar-refractivity contribution in [2.75, 3.05) is 33.4 Å². The lowest BCUT2D eigenvalue weighted by Crippen LogP contribution is -2.41. The predicted molar refractivity (Wildman–Crippen MR) is 120 cm³/mol. The van der Waals surface area contributed by atoms with Crippen LogP contribution in [0.3, 0.4) is 0 Å². The lowest BCUT2D eigenvalue weighted by Gasteiger charge is -2.26. The predicted octanol–water partition coefficient (Wildman–Crippen LogP) is 3.61. The van der Waals surface area contributed by atoms with Crippen LogP contribution < -0.4 is 9.47 Å². The second-order valence-electron chi connectivity index (χ2n) is 7.65. The van der Waals surface area contributed by atoms with Gasteiger partial charge in [0.25, 0.3) is 5.91 Å². The minimum Gasteiger partial charge on any atom is -0.493 e. The number of nitriles is 1. The van der Waals surface area contributed by atoms with E-state index in [1.807, 2.05) is 39.0 Å². The molecule has 7 nitrogen and oxygen atoms in total. The number of carbonyl (C=O) groups excluding carboxylic acids is 2. The van der Waals surface area contributed by atoms with Gasteiger partial charge in [-0.2, -0.15) is 5.26 Å². The van der Waals surface area contributed by atoms with E-state index < -0.39 is 5.97 Å². The molecule has 32 heavy (non-hydrogen) atoms. The Morgan fingerprint density at radius 1 is 1.06 bits per heavy atom. The van der Waals surface area contributed by atoms with Crippen LogP contribution in [0.15, 0.2) is 35.9 Å². The van der Waals surface area contributed by atoms with E-state index in [1.54, 1.807) is 23.1 Å². The Morgan fingerprint density at radius 2 is 1.72 bits per heavy atom. The Morgan fingerprint density at radius 3 is 2.31 bits per heavy atom. The normalized spacial score (nSPS) is 14.0. The van der Waals surface area contributed by atoms with Crippen LogP contribution in [0.2, 0.25) is 0 Å². The first-order valence-electron chi connectivity index (χ1n) is 10.3. The van der Waals surface area contributed by atoms with E-state index in [4.69, 9.17) is 14.2 Å². The van der Waals surface area contributed by atoms with Crippen LogP contribution in [0.5, 0.6) is 11.5 Å². The zero-order valence-electron chi connectivity index (χ0n) is 18.7. The molecule has 1 aliphatic rings. The van der Waals surface area contributed by atoms with Gasteiger partial charge in [-0.1, -0.05) is 23.8 Å². The Labute approximate surface area is 187 Å². The Balaban J connectivity index is 1.84. The molecule has 2 aromatic carbocycles. The fraction of sp³-hybridized carbons (Fsp3) is 0.320. The van der Waals surface area contributed by atoms with Crippen LogP contribution in [0.25, 0.3) is 6.08 Å². The monoisotopic (exact) mass is 434 g/mol. The van der Waals surface area contributed by atoms with E-state index >= 15 is 0 Å². The summed E-state index contributed by atoms with van der Waals surface area (Å²) in [7, 11) is 1.46. The Hall–Kier alpha value is -3.63. The molecule has 1 amide bonds. The SMILES string of the molecule is COc1cc(/C=C(\C#N)C(=O)N2CCOCC2)ccc1OC(=O)c1c(C)cc(C)cc1C. The van der Waals surface area contributed by atoms with E-state index in [0.29, 0.717) is 43.2 Å². The summed E-state index contributed by atoms with van der Waals surface area (Å²) in [5, 5.41) is 9.49. The second-order valence-corrected chi connectivity index (χ2v) is 7.65. The fourth-order valence-corrected chi connectivity index (χ4v) is 3.76. The van der Waals surface area contributed by atoms with E-state index in [9.17, 15) is 14.9 Å². The average molecular weight is 434 g/mol. The number of aryl methyl sites for hydroxylation is 3. The van der Waals surface area contributed by atoms with Crippen molar-refractivity contribution >= 4 is 18.0 Å². The van der Waals surface area contributed by atoms with Gasteiger partial charge in [-0.3, -0.25) is 4.79 Å². The molecule has 3 rings (SSSR count). The van der Waals surface area contributed by atoms with Gasteiger partial charge in [0.2, 0.25) is 0 Å². The minimum absolute atomic E-state index is 0.0182. The highest BCUT2D eigenvalue weighted by molar-refractivity contribution is 6.01. The van der Waals surface area contributed by atoms with Crippen molar-refractivity contribution in [2.24, 2.45) is 0 Å². The van der Waals surface area contributed by atoms with E-state index in [1.165, 1.54) is 13.2 Å². The summed E-state index contributed by atoms with van der Waals surface area (Å²) in [5.74, 6) is -0.227. The number of carbonyl (C=O) groups is 2. The summed E-state index contributed by atoms with van der Waals surface area (Å²) >= 11 is 0. The summed E-state index contributed by atoms with van der Waals surface area (Å²) < 4.78 is 16.3. The van der Waals surface area contributed by atoms with Crippen molar-refractivity contribution in [2.45, 2.75) is 20.8 Å². The molecular weight excluding hydrogens is 408 g/mol. The smallest absolute Gasteiger partial charge is 0.344 e. The fourth-order valence-electron chi connectivity index (χ4n) is 3.76. The van der Waals surface area contributed by atoms with Gasteiger partial charge in [0, 0.05) is 13.1 Å². The van der Waals surface area contributed by atoms with Crippen LogP contribution in [-0.2, 0) is 9.53 Å². The maximum atomic E-state index is 12.8. The summed E-state index contributed by atoms with van der Waals surface area (Å²) in [5.41, 5.74) is 3.87. The zero-order valence-corrected chi connectivity index (χ0v) is 18.7. The number of benzene rings is 2. The first-order valence-corrected chi connectivity index (χ1v) is 10.3. The zero-order chi connectivity index (χ0) is 23.3. The molecule has 166 valence electrons. The molecule has 1 aliphatic heterocycles. The molecule has 0 unspecified atom stereocenters. The van der Waals surface area contributed by atoms with E-state index in [-0.39, 0.29) is 17.2 Å². The number of hydrogen-bond acceptors (Lipinski definition) is 6. The number of rotatable bonds is 5. The number of amides is 1. The van der Waals surface area contributed by atoms with Gasteiger partial charge < -0.3 is 19.1 Å². The highest BCUT2D eigenvalue weighted by Crippen LogP contribution is 2.30. The van der Waals surface area contributed by atoms with Crippen molar-refractivity contribution in [1.82, 2.24) is 4.90 Å². The standard InChI is InChI=1S/C25H26N2O5/c1-16-11-17(2)23(18(3)12-16)25(29)32-21-6-5-19(14-22(21)30-4)13-20(15-26)24(28)27-7-9-31-10-8-27/h5-6,11-14H,7-10H2,1-4H3/b20-13+. The van der Waals surface area contributed by atoms with Gasteiger partial charge >= 0.3 is 5.97 Å². The molecule has 0 aromatic heterocycles.